The highest BCUT2D eigenvalue weighted by Crippen LogP contribution is 2.24. The van der Waals surface area contributed by atoms with Gasteiger partial charge in [-0.1, -0.05) is 11.8 Å². The molecule has 0 unspecified atom stereocenters. The molecular weight excluding hydrogens is 381 g/mol. The van der Waals surface area contributed by atoms with Crippen LogP contribution >= 0.6 is 11.8 Å². The van der Waals surface area contributed by atoms with E-state index in [-0.39, 0.29) is 23.5 Å². The third kappa shape index (κ3) is 5.76. The lowest BCUT2D eigenvalue weighted by atomic mass is 10.2. The Labute approximate surface area is 168 Å². The zero-order chi connectivity index (χ0) is 19.9. The molecule has 1 saturated heterocycles. The summed E-state index contributed by atoms with van der Waals surface area (Å²) >= 11 is 1.36. The smallest absolute Gasteiger partial charge is 0.230 e. The monoisotopic (exact) mass is 407 g/mol. The molecule has 1 fully saturated rings. The fourth-order valence-electron chi connectivity index (χ4n) is 2.97. The van der Waals surface area contributed by atoms with Crippen LogP contribution in [0.3, 0.4) is 0 Å². The number of halogens is 1. The van der Waals surface area contributed by atoms with Gasteiger partial charge in [0, 0.05) is 37.8 Å². The Morgan fingerprint density at radius 3 is 2.61 bits per heavy atom. The standard InChI is InChI=1S/C19H26FN5O2S/c1-14(2)21-17(26)13-28-19-23-22-18(15-3-5-16(20)6-4-15)25(19)8-7-24-9-11-27-12-10-24/h3-6,14H,7-13H2,1-2H3,(H,21,26). The number of benzene rings is 1. The van der Waals surface area contributed by atoms with Gasteiger partial charge in [0.25, 0.3) is 0 Å². The zero-order valence-corrected chi connectivity index (χ0v) is 17.0. The minimum atomic E-state index is -0.289. The van der Waals surface area contributed by atoms with Crippen molar-refractivity contribution < 1.29 is 13.9 Å². The third-order valence-corrected chi connectivity index (χ3v) is 5.31. The number of nitrogens with zero attached hydrogens (tertiary/aromatic N) is 4. The highest BCUT2D eigenvalue weighted by molar-refractivity contribution is 7.99. The van der Waals surface area contributed by atoms with Crippen molar-refractivity contribution in [3.63, 3.8) is 0 Å². The van der Waals surface area contributed by atoms with Gasteiger partial charge in [0.1, 0.15) is 5.82 Å². The minimum absolute atomic E-state index is 0.0361. The highest BCUT2D eigenvalue weighted by atomic mass is 32.2. The molecule has 7 nitrogen and oxygen atoms in total. The minimum Gasteiger partial charge on any atom is -0.379 e. The van der Waals surface area contributed by atoms with E-state index < -0.39 is 0 Å². The van der Waals surface area contributed by atoms with Gasteiger partial charge >= 0.3 is 0 Å². The van der Waals surface area contributed by atoms with Crippen molar-refractivity contribution in [2.75, 3.05) is 38.6 Å². The maximum absolute atomic E-state index is 13.3. The van der Waals surface area contributed by atoms with Crippen LogP contribution in [-0.2, 0) is 16.1 Å². The summed E-state index contributed by atoms with van der Waals surface area (Å²) in [7, 11) is 0. The maximum atomic E-state index is 13.3. The Kier molecular flexibility index (Phi) is 7.41. The number of rotatable bonds is 8. The molecule has 1 aliphatic heterocycles. The van der Waals surface area contributed by atoms with Crippen LogP contribution in [0.4, 0.5) is 4.39 Å². The molecule has 2 aromatic rings. The fraction of sp³-hybridized carbons (Fsp3) is 0.526. The van der Waals surface area contributed by atoms with Crippen LogP contribution in [0, 0.1) is 5.82 Å². The molecule has 1 aromatic heterocycles. The summed E-state index contributed by atoms with van der Waals surface area (Å²) in [5.41, 5.74) is 0.800. The second kappa shape index (κ2) is 9.99. The van der Waals surface area contributed by atoms with Gasteiger partial charge in [-0.25, -0.2) is 4.39 Å². The molecule has 1 aromatic carbocycles. The number of morpholine rings is 1. The first-order chi connectivity index (χ1) is 13.5. The Morgan fingerprint density at radius 1 is 1.21 bits per heavy atom. The summed E-state index contributed by atoms with van der Waals surface area (Å²) in [6.07, 6.45) is 0. The second-order valence-electron chi connectivity index (χ2n) is 6.93. The number of carbonyl (C=O) groups excluding carboxylic acids is 1. The summed E-state index contributed by atoms with van der Waals surface area (Å²) in [6.45, 7) is 8.66. The summed E-state index contributed by atoms with van der Waals surface area (Å²) in [6, 6.07) is 6.33. The molecular formula is C19H26FN5O2S. The number of nitrogens with one attached hydrogen (secondary N) is 1. The first-order valence-electron chi connectivity index (χ1n) is 9.44. The van der Waals surface area contributed by atoms with Crippen molar-refractivity contribution in [1.29, 1.82) is 0 Å². The van der Waals surface area contributed by atoms with Crippen LogP contribution in [0.2, 0.25) is 0 Å². The molecule has 0 radical (unpaired) electrons. The van der Waals surface area contributed by atoms with E-state index in [1.165, 1.54) is 23.9 Å². The van der Waals surface area contributed by atoms with Crippen molar-refractivity contribution in [3.05, 3.63) is 30.1 Å². The largest absolute Gasteiger partial charge is 0.379 e. The zero-order valence-electron chi connectivity index (χ0n) is 16.2. The van der Waals surface area contributed by atoms with E-state index in [2.05, 4.69) is 20.4 Å². The number of amides is 1. The molecule has 0 bridgehead atoms. The molecule has 1 amide bonds. The van der Waals surface area contributed by atoms with Gasteiger partial charge in [-0.2, -0.15) is 0 Å². The predicted molar refractivity (Wildman–Crippen MR) is 107 cm³/mol. The predicted octanol–water partition coefficient (Wildman–Crippen LogP) is 2.03. The lowest BCUT2D eigenvalue weighted by molar-refractivity contribution is -0.119. The van der Waals surface area contributed by atoms with E-state index in [1.54, 1.807) is 12.1 Å². The van der Waals surface area contributed by atoms with Crippen LogP contribution in [-0.4, -0.2) is 70.2 Å². The van der Waals surface area contributed by atoms with Crippen LogP contribution in [0.1, 0.15) is 13.8 Å². The molecule has 1 N–H and O–H groups in total. The van der Waals surface area contributed by atoms with E-state index in [1.807, 2.05) is 18.4 Å². The molecule has 0 spiro atoms. The van der Waals surface area contributed by atoms with Crippen LogP contribution < -0.4 is 5.32 Å². The molecule has 0 aliphatic carbocycles. The lowest BCUT2D eigenvalue weighted by Crippen LogP contribution is -2.38. The van der Waals surface area contributed by atoms with Gasteiger partial charge in [0.2, 0.25) is 5.91 Å². The molecule has 2 heterocycles. The van der Waals surface area contributed by atoms with Crippen molar-refractivity contribution in [1.82, 2.24) is 25.0 Å². The topological polar surface area (TPSA) is 72.3 Å². The number of hydrogen-bond acceptors (Lipinski definition) is 6. The SMILES string of the molecule is CC(C)NC(=O)CSc1nnc(-c2ccc(F)cc2)n1CCN1CCOCC1. The van der Waals surface area contributed by atoms with Crippen LogP contribution in [0.15, 0.2) is 29.4 Å². The van der Waals surface area contributed by atoms with Crippen molar-refractivity contribution >= 4 is 17.7 Å². The molecule has 152 valence electrons. The average molecular weight is 408 g/mol. The molecule has 1 aliphatic rings. The van der Waals surface area contributed by atoms with Gasteiger partial charge in [0.15, 0.2) is 11.0 Å². The molecule has 28 heavy (non-hydrogen) atoms. The second-order valence-corrected chi connectivity index (χ2v) is 7.87. The number of carbonyl (C=O) groups is 1. The first-order valence-corrected chi connectivity index (χ1v) is 10.4. The normalized spacial score (nSPS) is 15.1. The maximum Gasteiger partial charge on any atom is 0.230 e. The van der Waals surface area contributed by atoms with E-state index in [4.69, 9.17) is 4.74 Å². The van der Waals surface area contributed by atoms with Gasteiger partial charge in [-0.3, -0.25) is 9.69 Å². The number of hydrogen-bond donors (Lipinski definition) is 1. The Balaban J connectivity index is 1.75. The molecule has 0 atom stereocenters. The number of aromatic nitrogens is 3. The van der Waals surface area contributed by atoms with E-state index in [0.29, 0.717) is 17.5 Å². The van der Waals surface area contributed by atoms with Crippen molar-refractivity contribution in [3.8, 4) is 11.4 Å². The first kappa shape index (κ1) is 20.8. The lowest BCUT2D eigenvalue weighted by Gasteiger charge is -2.27. The van der Waals surface area contributed by atoms with Crippen LogP contribution in [0.25, 0.3) is 11.4 Å². The van der Waals surface area contributed by atoms with Gasteiger partial charge in [0.05, 0.1) is 19.0 Å². The van der Waals surface area contributed by atoms with Crippen molar-refractivity contribution in [2.24, 2.45) is 0 Å². The number of ether oxygens (including phenoxy) is 1. The molecule has 9 heteroatoms. The number of thioether (sulfide) groups is 1. The fourth-order valence-corrected chi connectivity index (χ4v) is 3.75. The highest BCUT2D eigenvalue weighted by Gasteiger charge is 2.18. The van der Waals surface area contributed by atoms with Gasteiger partial charge < -0.3 is 14.6 Å². The Bertz CT molecular complexity index is 775. The summed E-state index contributed by atoms with van der Waals surface area (Å²) in [4.78, 5) is 14.3. The Morgan fingerprint density at radius 2 is 1.93 bits per heavy atom. The van der Waals surface area contributed by atoms with Gasteiger partial charge in [-0.05, 0) is 38.1 Å². The quantitative estimate of drug-likeness (QED) is 0.675. The van der Waals surface area contributed by atoms with E-state index in [9.17, 15) is 9.18 Å². The average Bonchev–Trinajstić information content (AvgIpc) is 3.08. The third-order valence-electron chi connectivity index (χ3n) is 4.34. The Hall–Kier alpha value is -1.97. The van der Waals surface area contributed by atoms with E-state index >= 15 is 0 Å². The summed E-state index contributed by atoms with van der Waals surface area (Å²) in [5, 5.41) is 12.2. The van der Waals surface area contributed by atoms with Gasteiger partial charge in [-0.15, -0.1) is 10.2 Å². The summed E-state index contributed by atoms with van der Waals surface area (Å²) in [5.74, 6) is 0.631. The summed E-state index contributed by atoms with van der Waals surface area (Å²) < 4.78 is 20.7. The molecule has 3 rings (SSSR count). The van der Waals surface area contributed by atoms with E-state index in [0.717, 1.165) is 38.4 Å². The van der Waals surface area contributed by atoms with Crippen molar-refractivity contribution in [2.45, 2.75) is 31.6 Å². The van der Waals surface area contributed by atoms with Crippen LogP contribution in [0.5, 0.6) is 0 Å². The molecule has 0 saturated carbocycles.